The van der Waals surface area contributed by atoms with Gasteiger partial charge in [0.1, 0.15) is 0 Å². The predicted octanol–water partition coefficient (Wildman–Crippen LogP) is 3.45. The van der Waals surface area contributed by atoms with E-state index in [2.05, 4.69) is 11.4 Å². The molecule has 0 fully saturated rings. The molecule has 0 aliphatic heterocycles. The van der Waals surface area contributed by atoms with Crippen molar-refractivity contribution < 1.29 is 4.79 Å². The van der Waals surface area contributed by atoms with Crippen molar-refractivity contribution in [2.75, 3.05) is 0 Å². The average Bonchev–Trinajstić information content (AvgIpc) is 2.54. The number of carbonyl (C=O) groups is 1. The van der Waals surface area contributed by atoms with Crippen LogP contribution in [0.4, 0.5) is 0 Å². The monoisotopic (exact) mass is 276 g/mol. The Kier molecular flexibility index (Phi) is 4.89. The van der Waals surface area contributed by atoms with Crippen molar-refractivity contribution in [3.63, 3.8) is 0 Å². The second-order valence-corrected chi connectivity index (χ2v) is 4.67. The third-order valence-electron chi connectivity index (χ3n) is 3.15. The number of benzene rings is 2. The molecule has 0 aliphatic carbocycles. The molecule has 0 saturated heterocycles. The molecule has 2 aromatic rings. The molecule has 0 unspecified atom stereocenters. The molecule has 3 heteroatoms. The summed E-state index contributed by atoms with van der Waals surface area (Å²) in [6, 6.07) is 19.0. The van der Waals surface area contributed by atoms with E-state index < -0.39 is 0 Å². The number of nitriles is 1. The van der Waals surface area contributed by atoms with Crippen molar-refractivity contribution in [3.05, 3.63) is 77.4 Å². The van der Waals surface area contributed by atoms with Gasteiger partial charge in [-0.1, -0.05) is 48.5 Å². The zero-order chi connectivity index (χ0) is 15.1. The van der Waals surface area contributed by atoms with Gasteiger partial charge in [0, 0.05) is 6.08 Å². The Hall–Kier alpha value is -2.86. The van der Waals surface area contributed by atoms with E-state index in [1.54, 1.807) is 18.2 Å². The van der Waals surface area contributed by atoms with Crippen LogP contribution in [0.3, 0.4) is 0 Å². The summed E-state index contributed by atoms with van der Waals surface area (Å²) in [4.78, 5) is 11.9. The number of hydrogen-bond acceptors (Lipinski definition) is 2. The SMILES string of the molecule is C[C@H](NC(=O)/C=C/c1ccccc1C#N)c1ccccc1. The van der Waals surface area contributed by atoms with Gasteiger partial charge in [-0.15, -0.1) is 0 Å². The molecule has 2 rings (SSSR count). The van der Waals surface area contributed by atoms with Gasteiger partial charge in [-0.05, 0) is 30.2 Å². The van der Waals surface area contributed by atoms with Crippen molar-refractivity contribution in [2.45, 2.75) is 13.0 Å². The first kappa shape index (κ1) is 14.5. The molecule has 1 atom stereocenters. The maximum absolute atomic E-state index is 11.9. The Bertz CT molecular complexity index is 684. The number of nitrogens with one attached hydrogen (secondary N) is 1. The summed E-state index contributed by atoms with van der Waals surface area (Å²) in [5, 5.41) is 11.9. The van der Waals surface area contributed by atoms with E-state index in [0.29, 0.717) is 5.56 Å². The van der Waals surface area contributed by atoms with Gasteiger partial charge in [0.2, 0.25) is 5.91 Å². The minimum absolute atomic E-state index is 0.0606. The molecule has 0 bridgehead atoms. The van der Waals surface area contributed by atoms with Crippen LogP contribution in [0.25, 0.3) is 6.08 Å². The van der Waals surface area contributed by atoms with Gasteiger partial charge in [0.25, 0.3) is 0 Å². The van der Waals surface area contributed by atoms with Crippen molar-refractivity contribution in [3.8, 4) is 6.07 Å². The Balaban J connectivity index is 2.02. The van der Waals surface area contributed by atoms with Crippen molar-refractivity contribution in [1.82, 2.24) is 5.32 Å². The molecule has 0 heterocycles. The molecule has 1 amide bonds. The van der Waals surface area contributed by atoms with Gasteiger partial charge >= 0.3 is 0 Å². The second-order valence-electron chi connectivity index (χ2n) is 4.67. The molecule has 1 N–H and O–H groups in total. The highest BCUT2D eigenvalue weighted by Gasteiger charge is 2.06. The number of hydrogen-bond donors (Lipinski definition) is 1. The van der Waals surface area contributed by atoms with Crippen molar-refractivity contribution in [2.24, 2.45) is 0 Å². The van der Waals surface area contributed by atoms with Crippen LogP contribution in [-0.4, -0.2) is 5.91 Å². The zero-order valence-corrected chi connectivity index (χ0v) is 11.8. The van der Waals surface area contributed by atoms with Crippen LogP contribution in [0.5, 0.6) is 0 Å². The minimum Gasteiger partial charge on any atom is -0.346 e. The first-order valence-electron chi connectivity index (χ1n) is 6.73. The lowest BCUT2D eigenvalue weighted by molar-refractivity contribution is -0.117. The van der Waals surface area contributed by atoms with Gasteiger partial charge in [-0.2, -0.15) is 5.26 Å². The molecular formula is C18H16N2O. The lowest BCUT2D eigenvalue weighted by Gasteiger charge is -2.12. The summed E-state index contributed by atoms with van der Waals surface area (Å²) >= 11 is 0. The first-order valence-corrected chi connectivity index (χ1v) is 6.73. The van der Waals surface area contributed by atoms with Crippen LogP contribution in [0.1, 0.15) is 29.7 Å². The van der Waals surface area contributed by atoms with E-state index in [0.717, 1.165) is 11.1 Å². The first-order chi connectivity index (χ1) is 10.2. The third kappa shape index (κ3) is 4.05. The van der Waals surface area contributed by atoms with Crippen LogP contribution >= 0.6 is 0 Å². The van der Waals surface area contributed by atoms with Crippen LogP contribution < -0.4 is 5.32 Å². The normalized spacial score (nSPS) is 11.8. The Morgan fingerprint density at radius 2 is 1.81 bits per heavy atom. The van der Waals surface area contributed by atoms with E-state index in [1.807, 2.05) is 49.4 Å². The van der Waals surface area contributed by atoms with Crippen LogP contribution in [-0.2, 0) is 4.79 Å². The van der Waals surface area contributed by atoms with E-state index in [4.69, 9.17) is 5.26 Å². The van der Waals surface area contributed by atoms with E-state index >= 15 is 0 Å². The zero-order valence-electron chi connectivity index (χ0n) is 11.8. The quantitative estimate of drug-likeness (QED) is 0.870. The topological polar surface area (TPSA) is 52.9 Å². The van der Waals surface area contributed by atoms with Crippen LogP contribution in [0.15, 0.2) is 60.7 Å². The summed E-state index contributed by atoms with van der Waals surface area (Å²) in [7, 11) is 0. The second kappa shape index (κ2) is 7.06. The van der Waals surface area contributed by atoms with Gasteiger partial charge in [0.15, 0.2) is 0 Å². The lowest BCUT2D eigenvalue weighted by atomic mass is 10.1. The molecule has 2 aromatic carbocycles. The highest BCUT2D eigenvalue weighted by Crippen LogP contribution is 2.12. The van der Waals surface area contributed by atoms with Gasteiger partial charge in [-0.25, -0.2) is 0 Å². The third-order valence-corrected chi connectivity index (χ3v) is 3.15. The van der Waals surface area contributed by atoms with E-state index in [1.165, 1.54) is 6.08 Å². The number of nitrogens with zero attached hydrogens (tertiary/aromatic N) is 1. The lowest BCUT2D eigenvalue weighted by Crippen LogP contribution is -2.24. The molecule has 0 aromatic heterocycles. The van der Waals surface area contributed by atoms with Crippen molar-refractivity contribution in [1.29, 1.82) is 5.26 Å². The minimum atomic E-state index is -0.181. The van der Waals surface area contributed by atoms with Crippen molar-refractivity contribution >= 4 is 12.0 Å². The Morgan fingerprint density at radius 1 is 1.14 bits per heavy atom. The summed E-state index contributed by atoms with van der Waals surface area (Å²) in [5.41, 5.74) is 2.34. The maximum Gasteiger partial charge on any atom is 0.244 e. The van der Waals surface area contributed by atoms with Crippen LogP contribution in [0, 0.1) is 11.3 Å². The van der Waals surface area contributed by atoms with E-state index in [9.17, 15) is 4.79 Å². The fraction of sp³-hybridized carbons (Fsp3) is 0.111. The van der Waals surface area contributed by atoms with E-state index in [-0.39, 0.29) is 11.9 Å². The molecule has 0 spiro atoms. The fourth-order valence-corrected chi connectivity index (χ4v) is 2.00. The molecular weight excluding hydrogens is 260 g/mol. The summed E-state index contributed by atoms with van der Waals surface area (Å²) in [6.07, 6.45) is 3.11. The summed E-state index contributed by atoms with van der Waals surface area (Å²) < 4.78 is 0. The molecule has 3 nitrogen and oxygen atoms in total. The van der Waals surface area contributed by atoms with Crippen LogP contribution in [0.2, 0.25) is 0 Å². The number of amides is 1. The largest absolute Gasteiger partial charge is 0.346 e. The number of rotatable bonds is 4. The highest BCUT2D eigenvalue weighted by molar-refractivity contribution is 5.92. The summed E-state index contributed by atoms with van der Waals surface area (Å²) in [6.45, 7) is 1.93. The summed E-state index contributed by atoms with van der Waals surface area (Å²) in [5.74, 6) is -0.181. The molecule has 21 heavy (non-hydrogen) atoms. The van der Waals surface area contributed by atoms with Gasteiger partial charge < -0.3 is 5.32 Å². The molecule has 0 saturated carbocycles. The standard InChI is InChI=1S/C18H16N2O/c1-14(15-7-3-2-4-8-15)20-18(21)12-11-16-9-5-6-10-17(16)13-19/h2-12,14H,1H3,(H,20,21)/b12-11+/t14-/m0/s1. The highest BCUT2D eigenvalue weighted by atomic mass is 16.1. The fourth-order valence-electron chi connectivity index (χ4n) is 2.00. The molecule has 0 aliphatic rings. The predicted molar refractivity (Wildman–Crippen MR) is 83.2 cm³/mol. The number of carbonyl (C=O) groups excluding carboxylic acids is 1. The Labute approximate surface area is 124 Å². The van der Waals surface area contributed by atoms with Gasteiger partial charge in [0.05, 0.1) is 17.7 Å². The van der Waals surface area contributed by atoms with Gasteiger partial charge in [-0.3, -0.25) is 4.79 Å². The smallest absolute Gasteiger partial charge is 0.244 e. The molecule has 0 radical (unpaired) electrons. The maximum atomic E-state index is 11.9. The average molecular weight is 276 g/mol. The molecule has 104 valence electrons. The Morgan fingerprint density at radius 3 is 2.52 bits per heavy atom.